The van der Waals surface area contributed by atoms with Crippen molar-refractivity contribution in [2.24, 2.45) is 11.8 Å². The fraction of sp³-hybridized carbons (Fsp3) is 0.579. The maximum Gasteiger partial charge on any atom is 0.243 e. The summed E-state index contributed by atoms with van der Waals surface area (Å²) < 4.78 is 0. The van der Waals surface area contributed by atoms with E-state index in [9.17, 15) is 4.79 Å². The van der Waals surface area contributed by atoms with Gasteiger partial charge in [-0.1, -0.05) is 18.6 Å². The SMILES string of the molecule is Cc1ccc(C)c(NC(=O)CN(C)C(=S)N[C@H]2C[C@@H]3CC[C@H]2C3)c1. The van der Waals surface area contributed by atoms with Crippen LogP contribution in [0.1, 0.15) is 36.8 Å². The number of carbonyl (C=O) groups excluding carboxylic acids is 1. The third-order valence-corrected chi connectivity index (χ3v) is 5.87. The van der Waals surface area contributed by atoms with Gasteiger partial charge in [0.2, 0.25) is 5.91 Å². The van der Waals surface area contributed by atoms with E-state index < -0.39 is 0 Å². The van der Waals surface area contributed by atoms with Crippen LogP contribution in [0.4, 0.5) is 5.69 Å². The second kappa shape index (κ2) is 7.09. The number of benzene rings is 1. The lowest BCUT2D eigenvalue weighted by atomic mass is 9.95. The molecule has 1 aromatic carbocycles. The first kappa shape index (κ1) is 17.2. The van der Waals surface area contributed by atoms with Crippen molar-refractivity contribution < 1.29 is 4.79 Å². The number of nitrogens with one attached hydrogen (secondary N) is 2. The smallest absolute Gasteiger partial charge is 0.243 e. The molecule has 0 radical (unpaired) electrons. The Hall–Kier alpha value is -1.62. The number of hydrogen-bond acceptors (Lipinski definition) is 2. The van der Waals surface area contributed by atoms with Crippen LogP contribution in [0.25, 0.3) is 0 Å². The van der Waals surface area contributed by atoms with Gasteiger partial charge in [0, 0.05) is 18.8 Å². The van der Waals surface area contributed by atoms with Crippen molar-refractivity contribution in [2.75, 3.05) is 18.9 Å². The lowest BCUT2D eigenvalue weighted by Gasteiger charge is -2.28. The van der Waals surface area contributed by atoms with Gasteiger partial charge in [-0.05, 0) is 74.4 Å². The Bertz CT molecular complexity index is 645. The molecule has 2 bridgehead atoms. The minimum Gasteiger partial charge on any atom is -0.360 e. The number of rotatable bonds is 4. The van der Waals surface area contributed by atoms with Crippen molar-refractivity contribution in [2.45, 2.75) is 45.6 Å². The maximum atomic E-state index is 12.3. The number of fused-ring (bicyclic) bond motifs is 2. The van der Waals surface area contributed by atoms with Gasteiger partial charge in [0.25, 0.3) is 0 Å². The summed E-state index contributed by atoms with van der Waals surface area (Å²) in [5, 5.41) is 7.15. The molecule has 0 aliphatic heterocycles. The zero-order chi connectivity index (χ0) is 17.3. The van der Waals surface area contributed by atoms with E-state index in [1.807, 2.05) is 44.0 Å². The summed E-state index contributed by atoms with van der Waals surface area (Å²) in [4.78, 5) is 14.2. The largest absolute Gasteiger partial charge is 0.360 e. The highest BCUT2D eigenvalue weighted by molar-refractivity contribution is 7.80. The number of amides is 1. The van der Waals surface area contributed by atoms with Gasteiger partial charge in [0.05, 0.1) is 6.54 Å². The molecule has 2 N–H and O–H groups in total. The van der Waals surface area contributed by atoms with E-state index in [-0.39, 0.29) is 12.5 Å². The number of carbonyl (C=O) groups is 1. The molecule has 3 rings (SSSR count). The van der Waals surface area contributed by atoms with E-state index in [0.29, 0.717) is 11.2 Å². The van der Waals surface area contributed by atoms with E-state index >= 15 is 0 Å². The molecule has 1 aromatic rings. The summed E-state index contributed by atoms with van der Waals surface area (Å²) in [6, 6.07) is 6.57. The minimum absolute atomic E-state index is 0.0386. The van der Waals surface area contributed by atoms with Gasteiger partial charge in [-0.15, -0.1) is 0 Å². The third kappa shape index (κ3) is 3.89. The molecule has 0 heterocycles. The van der Waals surface area contributed by atoms with Crippen LogP contribution in [0.15, 0.2) is 18.2 Å². The second-order valence-corrected chi connectivity index (χ2v) is 7.84. The van der Waals surface area contributed by atoms with Gasteiger partial charge < -0.3 is 15.5 Å². The molecule has 1 amide bonds. The highest BCUT2D eigenvalue weighted by Gasteiger charge is 2.39. The Kier molecular flexibility index (Phi) is 5.09. The number of thiocarbonyl (C=S) groups is 1. The first-order valence-electron chi connectivity index (χ1n) is 8.81. The minimum atomic E-state index is -0.0386. The fourth-order valence-electron chi connectivity index (χ4n) is 4.04. The number of aryl methyl sites for hydroxylation is 2. The Morgan fingerprint density at radius 3 is 2.75 bits per heavy atom. The first-order valence-corrected chi connectivity index (χ1v) is 9.22. The average molecular weight is 346 g/mol. The van der Waals surface area contributed by atoms with Gasteiger partial charge in [-0.25, -0.2) is 0 Å². The Labute approximate surface area is 150 Å². The summed E-state index contributed by atoms with van der Waals surface area (Å²) in [5.74, 6) is 1.61. The molecule has 0 unspecified atom stereocenters. The molecule has 130 valence electrons. The zero-order valence-corrected chi connectivity index (χ0v) is 15.6. The predicted octanol–water partition coefficient (Wildman–Crippen LogP) is 3.24. The molecule has 0 saturated heterocycles. The molecule has 2 aliphatic rings. The van der Waals surface area contributed by atoms with Gasteiger partial charge in [0.15, 0.2) is 5.11 Å². The highest BCUT2D eigenvalue weighted by Crippen LogP contribution is 2.44. The highest BCUT2D eigenvalue weighted by atomic mass is 32.1. The first-order chi connectivity index (χ1) is 11.4. The van der Waals surface area contributed by atoms with Crippen molar-refractivity contribution >= 4 is 28.9 Å². The van der Waals surface area contributed by atoms with Gasteiger partial charge in [-0.2, -0.15) is 0 Å². The Morgan fingerprint density at radius 1 is 1.29 bits per heavy atom. The number of likely N-dealkylation sites (N-methyl/N-ethyl adjacent to an activating group) is 1. The van der Waals surface area contributed by atoms with E-state index in [1.54, 1.807) is 0 Å². The summed E-state index contributed by atoms with van der Waals surface area (Å²) in [7, 11) is 1.88. The maximum absolute atomic E-state index is 12.3. The van der Waals surface area contributed by atoms with Gasteiger partial charge in [0.1, 0.15) is 0 Å². The van der Waals surface area contributed by atoms with E-state index in [1.165, 1.54) is 25.7 Å². The van der Waals surface area contributed by atoms with Crippen LogP contribution in [0.2, 0.25) is 0 Å². The third-order valence-electron chi connectivity index (χ3n) is 5.44. The van der Waals surface area contributed by atoms with Crippen molar-refractivity contribution in [1.29, 1.82) is 0 Å². The molecular formula is C19H27N3OS. The topological polar surface area (TPSA) is 44.4 Å². The van der Waals surface area contributed by atoms with Crippen LogP contribution in [-0.2, 0) is 4.79 Å². The second-order valence-electron chi connectivity index (χ2n) is 7.45. The fourth-order valence-corrected chi connectivity index (χ4v) is 4.25. The standard InChI is InChI=1S/C19H27N3OS/c1-12-4-5-13(2)16(8-12)20-18(23)11-22(3)19(24)21-17-10-14-6-7-15(17)9-14/h4-5,8,14-15,17H,6-7,9-11H2,1-3H3,(H,20,23)(H,21,24)/t14-,15+,17+/m1/s1. The van der Waals surface area contributed by atoms with Crippen LogP contribution in [-0.4, -0.2) is 35.6 Å². The van der Waals surface area contributed by atoms with Crippen LogP contribution in [0.3, 0.4) is 0 Å². The molecule has 2 saturated carbocycles. The Balaban J connectivity index is 1.50. The number of hydrogen-bond donors (Lipinski definition) is 2. The van der Waals surface area contributed by atoms with Crippen LogP contribution < -0.4 is 10.6 Å². The van der Waals surface area contributed by atoms with E-state index in [0.717, 1.165) is 28.7 Å². The molecule has 0 aromatic heterocycles. The molecule has 4 nitrogen and oxygen atoms in total. The van der Waals surface area contributed by atoms with Crippen molar-refractivity contribution in [1.82, 2.24) is 10.2 Å². The zero-order valence-electron chi connectivity index (χ0n) is 14.8. The summed E-state index contributed by atoms with van der Waals surface area (Å²) >= 11 is 5.49. The van der Waals surface area contributed by atoms with Crippen molar-refractivity contribution in [3.8, 4) is 0 Å². The normalized spacial score (nSPS) is 24.7. The van der Waals surface area contributed by atoms with Crippen LogP contribution >= 0.6 is 12.2 Å². The van der Waals surface area contributed by atoms with Crippen molar-refractivity contribution in [3.63, 3.8) is 0 Å². The summed E-state index contributed by atoms with van der Waals surface area (Å²) in [5.41, 5.74) is 3.08. The number of nitrogens with zero attached hydrogens (tertiary/aromatic N) is 1. The number of anilines is 1. The molecule has 24 heavy (non-hydrogen) atoms. The molecule has 0 spiro atoms. The molecule has 2 fully saturated rings. The monoisotopic (exact) mass is 345 g/mol. The van der Waals surface area contributed by atoms with Crippen molar-refractivity contribution in [3.05, 3.63) is 29.3 Å². The summed E-state index contributed by atoms with van der Waals surface area (Å²) in [6.45, 7) is 4.29. The lowest BCUT2D eigenvalue weighted by molar-refractivity contribution is -0.116. The molecule has 2 aliphatic carbocycles. The molecule has 5 heteroatoms. The predicted molar refractivity (Wildman–Crippen MR) is 102 cm³/mol. The van der Waals surface area contributed by atoms with E-state index in [2.05, 4.69) is 10.6 Å². The van der Waals surface area contributed by atoms with Crippen LogP contribution in [0.5, 0.6) is 0 Å². The molecule has 3 atom stereocenters. The Morgan fingerprint density at radius 2 is 2.08 bits per heavy atom. The van der Waals surface area contributed by atoms with Gasteiger partial charge in [-0.3, -0.25) is 4.79 Å². The van der Waals surface area contributed by atoms with Gasteiger partial charge >= 0.3 is 0 Å². The lowest BCUT2D eigenvalue weighted by Crippen LogP contribution is -2.47. The van der Waals surface area contributed by atoms with E-state index in [4.69, 9.17) is 12.2 Å². The molecular weight excluding hydrogens is 318 g/mol. The summed E-state index contributed by atoms with van der Waals surface area (Å²) in [6.07, 6.45) is 5.27. The quantitative estimate of drug-likeness (QED) is 0.823. The average Bonchev–Trinajstić information content (AvgIpc) is 3.13. The van der Waals surface area contributed by atoms with Crippen LogP contribution in [0, 0.1) is 25.7 Å².